The Hall–Kier alpha value is -6.42. The van der Waals surface area contributed by atoms with Gasteiger partial charge in [0, 0.05) is 42.2 Å². The molecule has 0 spiro atoms. The molecule has 0 atom stereocenters. The molecule has 0 amide bonds. The molecule has 2 heterocycles. The number of hydrogen-bond acceptors (Lipinski definition) is 3. The lowest BCUT2D eigenvalue weighted by Crippen LogP contribution is -1.96. The van der Waals surface area contributed by atoms with Crippen LogP contribution in [0.3, 0.4) is 0 Å². The van der Waals surface area contributed by atoms with Gasteiger partial charge in [0.05, 0.1) is 11.4 Å². The van der Waals surface area contributed by atoms with Crippen LogP contribution in [0.2, 0.25) is 0 Å². The summed E-state index contributed by atoms with van der Waals surface area (Å²) in [6, 6.07) is 64.9. The van der Waals surface area contributed by atoms with Crippen LogP contribution in [0.25, 0.3) is 97.9 Å². The van der Waals surface area contributed by atoms with Crippen LogP contribution in [-0.2, 0) is 0 Å². The van der Waals surface area contributed by atoms with Gasteiger partial charge in [0.1, 0.15) is 0 Å². The van der Waals surface area contributed by atoms with Crippen LogP contribution in [0.5, 0.6) is 0 Å². The summed E-state index contributed by atoms with van der Waals surface area (Å²) in [5.41, 5.74) is 9.60. The molecular formula is C48H30N2S. The minimum Gasteiger partial charge on any atom is -0.228 e. The summed E-state index contributed by atoms with van der Waals surface area (Å²) >= 11 is 1.90. The molecule has 0 saturated heterocycles. The van der Waals surface area contributed by atoms with Crippen LogP contribution < -0.4 is 0 Å². The lowest BCUT2D eigenvalue weighted by atomic mass is 9.93. The molecule has 51 heavy (non-hydrogen) atoms. The molecule has 3 heteroatoms. The molecule has 0 N–H and O–H groups in total. The van der Waals surface area contributed by atoms with Crippen molar-refractivity contribution in [2.75, 3.05) is 0 Å². The Morgan fingerprint density at radius 3 is 1.53 bits per heavy atom. The summed E-state index contributed by atoms with van der Waals surface area (Å²) in [5.74, 6) is 0.712. The average Bonchev–Trinajstić information content (AvgIpc) is 3.62. The fourth-order valence-corrected chi connectivity index (χ4v) is 8.84. The van der Waals surface area contributed by atoms with E-state index in [-0.39, 0.29) is 0 Å². The number of nitrogens with zero attached hydrogens (tertiary/aromatic N) is 2. The molecule has 0 aliphatic rings. The molecule has 238 valence electrons. The maximum Gasteiger partial charge on any atom is 0.160 e. The Morgan fingerprint density at radius 2 is 0.824 bits per heavy atom. The van der Waals surface area contributed by atoms with Crippen molar-refractivity contribution in [3.05, 3.63) is 182 Å². The molecule has 0 radical (unpaired) electrons. The molecular weight excluding hydrogens is 637 g/mol. The zero-order valence-electron chi connectivity index (χ0n) is 27.6. The molecule has 0 fully saturated rings. The highest BCUT2D eigenvalue weighted by atomic mass is 32.1. The van der Waals surface area contributed by atoms with E-state index in [0.717, 1.165) is 33.6 Å². The van der Waals surface area contributed by atoms with Gasteiger partial charge >= 0.3 is 0 Å². The van der Waals surface area contributed by atoms with Gasteiger partial charge in [-0.2, -0.15) is 0 Å². The smallest absolute Gasteiger partial charge is 0.160 e. The monoisotopic (exact) mass is 666 g/mol. The molecule has 0 unspecified atom stereocenters. The first-order chi connectivity index (χ1) is 25.3. The van der Waals surface area contributed by atoms with Crippen molar-refractivity contribution in [1.82, 2.24) is 9.97 Å². The summed E-state index contributed by atoms with van der Waals surface area (Å²) in [7, 11) is 0. The van der Waals surface area contributed by atoms with E-state index >= 15 is 0 Å². The summed E-state index contributed by atoms with van der Waals surface area (Å²) in [5, 5.41) is 7.83. The van der Waals surface area contributed by atoms with Crippen LogP contribution in [0, 0.1) is 0 Å². The average molecular weight is 667 g/mol. The van der Waals surface area contributed by atoms with Crippen LogP contribution in [0.15, 0.2) is 182 Å². The molecule has 0 saturated carbocycles. The Bertz CT molecular complexity index is 2840. The Kier molecular flexibility index (Phi) is 7.04. The van der Waals surface area contributed by atoms with Crippen molar-refractivity contribution in [1.29, 1.82) is 0 Å². The first-order valence-corrected chi connectivity index (χ1v) is 18.1. The lowest BCUT2D eigenvalue weighted by molar-refractivity contribution is 1.18. The normalized spacial score (nSPS) is 11.5. The zero-order chi connectivity index (χ0) is 33.7. The van der Waals surface area contributed by atoms with E-state index in [2.05, 4.69) is 158 Å². The minimum atomic E-state index is 0.712. The third-order valence-corrected chi connectivity index (χ3v) is 11.1. The van der Waals surface area contributed by atoms with E-state index in [1.54, 1.807) is 0 Å². The van der Waals surface area contributed by atoms with E-state index in [0.29, 0.717) is 5.82 Å². The lowest BCUT2D eigenvalue weighted by Gasteiger charge is -2.13. The van der Waals surface area contributed by atoms with Crippen LogP contribution in [-0.4, -0.2) is 9.97 Å². The summed E-state index contributed by atoms with van der Waals surface area (Å²) in [4.78, 5) is 10.3. The van der Waals surface area contributed by atoms with Crippen molar-refractivity contribution >= 4 is 53.1 Å². The zero-order valence-corrected chi connectivity index (χ0v) is 28.4. The number of benzene rings is 8. The van der Waals surface area contributed by atoms with Crippen LogP contribution in [0.4, 0.5) is 0 Å². The van der Waals surface area contributed by atoms with Gasteiger partial charge in [-0.3, -0.25) is 0 Å². The summed E-state index contributed by atoms with van der Waals surface area (Å²) in [6.07, 6.45) is 0. The van der Waals surface area contributed by atoms with Crippen molar-refractivity contribution < 1.29 is 0 Å². The second-order valence-electron chi connectivity index (χ2n) is 12.9. The molecule has 0 aliphatic heterocycles. The third kappa shape index (κ3) is 5.10. The maximum absolute atomic E-state index is 5.23. The number of rotatable bonds is 5. The number of fused-ring (bicyclic) bond motifs is 8. The van der Waals surface area contributed by atoms with Gasteiger partial charge in [-0.05, 0) is 62.7 Å². The van der Waals surface area contributed by atoms with E-state index in [9.17, 15) is 0 Å². The fraction of sp³-hybridized carbons (Fsp3) is 0. The second-order valence-corrected chi connectivity index (χ2v) is 14.0. The molecule has 2 nitrogen and oxygen atoms in total. The van der Waals surface area contributed by atoms with Crippen molar-refractivity contribution in [2.24, 2.45) is 0 Å². The summed E-state index contributed by atoms with van der Waals surface area (Å²) in [6.45, 7) is 0. The second kappa shape index (κ2) is 12.2. The number of hydrogen-bond donors (Lipinski definition) is 0. The van der Waals surface area contributed by atoms with Crippen LogP contribution in [0.1, 0.15) is 0 Å². The highest BCUT2D eigenvalue weighted by Crippen LogP contribution is 2.47. The van der Waals surface area contributed by atoms with Gasteiger partial charge in [-0.1, -0.05) is 158 Å². The number of aromatic nitrogens is 2. The van der Waals surface area contributed by atoms with Gasteiger partial charge in [0.25, 0.3) is 0 Å². The number of thiophene rings is 1. The van der Waals surface area contributed by atoms with Gasteiger partial charge < -0.3 is 0 Å². The molecule has 8 aromatic carbocycles. The highest BCUT2D eigenvalue weighted by Gasteiger charge is 2.18. The van der Waals surface area contributed by atoms with E-state index in [1.807, 2.05) is 35.6 Å². The molecule has 10 aromatic rings. The van der Waals surface area contributed by atoms with Gasteiger partial charge in [-0.15, -0.1) is 11.3 Å². The molecule has 0 bridgehead atoms. The van der Waals surface area contributed by atoms with Gasteiger partial charge in [0.15, 0.2) is 5.82 Å². The van der Waals surface area contributed by atoms with Crippen LogP contribution >= 0.6 is 11.3 Å². The molecule has 2 aromatic heterocycles. The Balaban J connectivity index is 1.25. The first-order valence-electron chi connectivity index (χ1n) is 17.2. The van der Waals surface area contributed by atoms with E-state index in [4.69, 9.17) is 9.97 Å². The molecule has 10 rings (SSSR count). The minimum absolute atomic E-state index is 0.712. The van der Waals surface area contributed by atoms with E-state index < -0.39 is 0 Å². The summed E-state index contributed by atoms with van der Waals surface area (Å²) < 4.78 is 2.63. The van der Waals surface area contributed by atoms with Crippen molar-refractivity contribution in [3.63, 3.8) is 0 Å². The molecule has 0 aliphatic carbocycles. The Morgan fingerprint density at radius 1 is 0.314 bits per heavy atom. The maximum atomic E-state index is 5.23. The van der Waals surface area contributed by atoms with E-state index in [1.165, 1.54) is 58.4 Å². The van der Waals surface area contributed by atoms with Gasteiger partial charge in [0.2, 0.25) is 0 Å². The van der Waals surface area contributed by atoms with Crippen molar-refractivity contribution in [2.45, 2.75) is 0 Å². The topological polar surface area (TPSA) is 25.8 Å². The standard InChI is InChI=1S/C48H30N2S/c1-4-15-31(16-5-1)34-27-35(29-36(28-34)44-30-43(32-17-6-2-7-18-32)49-48(50-44)33-19-8-3-9-20-33)37-25-14-26-42-45-40-23-12-10-21-38(40)39-22-11-13-24-41(39)47(45)51-46(37)42/h1-30H. The predicted molar refractivity (Wildman–Crippen MR) is 217 cm³/mol. The van der Waals surface area contributed by atoms with Crippen molar-refractivity contribution in [3.8, 4) is 56.2 Å². The first kappa shape index (κ1) is 29.5. The third-order valence-electron chi connectivity index (χ3n) is 9.85. The SMILES string of the molecule is c1ccc(-c2cc(-c3cc(-c4ccccc4)nc(-c4ccccc4)n3)cc(-c3cccc4c3sc3c5ccccc5c5ccccc5c43)c2)cc1. The fourth-order valence-electron chi connectivity index (χ4n) is 7.45. The predicted octanol–water partition coefficient (Wildman–Crippen LogP) is 13.5. The largest absolute Gasteiger partial charge is 0.228 e. The van der Waals surface area contributed by atoms with Gasteiger partial charge in [-0.25, -0.2) is 9.97 Å². The Labute approximate surface area is 300 Å². The quantitative estimate of drug-likeness (QED) is 0.171. The highest BCUT2D eigenvalue weighted by molar-refractivity contribution is 7.27.